The fourth-order valence-corrected chi connectivity index (χ4v) is 3.25. The van der Waals surface area contributed by atoms with Crippen LogP contribution in [0.25, 0.3) is 0 Å². The third-order valence-electron chi connectivity index (χ3n) is 3.17. The Bertz CT molecular complexity index is 755. The summed E-state index contributed by atoms with van der Waals surface area (Å²) in [6.07, 6.45) is 0. The average molecular weight is 335 g/mol. The maximum Gasteiger partial charge on any atom is 0.261 e. The molecular weight excluding hydrogens is 314 g/mol. The SMILES string of the molecule is CCOc1ccc(NS(=O)(=O)c2ccc(OCC)c(C)c2)cc1. The third kappa shape index (κ3) is 4.39. The summed E-state index contributed by atoms with van der Waals surface area (Å²) < 4.78 is 38.2. The highest BCUT2D eigenvalue weighted by molar-refractivity contribution is 7.92. The maximum absolute atomic E-state index is 12.5. The second-order valence-electron chi connectivity index (χ2n) is 4.92. The molecule has 0 aliphatic heterocycles. The van der Waals surface area contributed by atoms with Crippen LogP contribution < -0.4 is 14.2 Å². The van der Waals surface area contributed by atoms with Crippen molar-refractivity contribution in [3.63, 3.8) is 0 Å². The Kier molecular flexibility index (Phi) is 5.50. The maximum atomic E-state index is 12.5. The number of ether oxygens (including phenoxy) is 2. The molecule has 0 spiro atoms. The second kappa shape index (κ2) is 7.37. The summed E-state index contributed by atoms with van der Waals surface area (Å²) in [6.45, 7) is 6.71. The van der Waals surface area contributed by atoms with Gasteiger partial charge in [0.15, 0.2) is 0 Å². The number of hydrogen-bond acceptors (Lipinski definition) is 4. The largest absolute Gasteiger partial charge is 0.494 e. The molecule has 6 heteroatoms. The Balaban J connectivity index is 2.19. The van der Waals surface area contributed by atoms with Gasteiger partial charge in [-0.3, -0.25) is 4.72 Å². The number of benzene rings is 2. The van der Waals surface area contributed by atoms with Crippen molar-refractivity contribution < 1.29 is 17.9 Å². The standard InChI is InChI=1S/C17H21NO4S/c1-4-21-15-8-6-14(7-9-15)18-23(19,20)16-10-11-17(22-5-2)13(3)12-16/h6-12,18H,4-5H2,1-3H3. The van der Waals surface area contributed by atoms with Crippen molar-refractivity contribution in [2.45, 2.75) is 25.7 Å². The van der Waals surface area contributed by atoms with E-state index in [1.54, 1.807) is 36.4 Å². The van der Waals surface area contributed by atoms with Crippen molar-refractivity contribution in [3.05, 3.63) is 48.0 Å². The summed E-state index contributed by atoms with van der Waals surface area (Å²) in [5.41, 5.74) is 1.27. The molecule has 2 aromatic rings. The zero-order valence-electron chi connectivity index (χ0n) is 13.5. The molecule has 5 nitrogen and oxygen atoms in total. The molecule has 0 unspecified atom stereocenters. The van der Waals surface area contributed by atoms with Crippen LogP contribution in [0.2, 0.25) is 0 Å². The smallest absolute Gasteiger partial charge is 0.261 e. The van der Waals surface area contributed by atoms with E-state index >= 15 is 0 Å². The topological polar surface area (TPSA) is 64.6 Å². The number of anilines is 1. The minimum Gasteiger partial charge on any atom is -0.494 e. The summed E-state index contributed by atoms with van der Waals surface area (Å²) in [7, 11) is -3.64. The van der Waals surface area contributed by atoms with E-state index < -0.39 is 10.0 Å². The van der Waals surface area contributed by atoms with E-state index in [0.717, 1.165) is 5.56 Å². The van der Waals surface area contributed by atoms with Crippen molar-refractivity contribution in [2.24, 2.45) is 0 Å². The fourth-order valence-electron chi connectivity index (χ4n) is 2.11. The molecule has 2 rings (SSSR count). The van der Waals surface area contributed by atoms with Gasteiger partial charge in [0.2, 0.25) is 0 Å². The molecule has 0 aromatic heterocycles. The van der Waals surface area contributed by atoms with Crippen LogP contribution >= 0.6 is 0 Å². The highest BCUT2D eigenvalue weighted by Gasteiger charge is 2.15. The van der Waals surface area contributed by atoms with Gasteiger partial charge in [-0.05, 0) is 68.8 Å². The normalized spacial score (nSPS) is 11.1. The van der Waals surface area contributed by atoms with Gasteiger partial charge >= 0.3 is 0 Å². The monoisotopic (exact) mass is 335 g/mol. The Hall–Kier alpha value is -2.21. The van der Waals surface area contributed by atoms with E-state index in [-0.39, 0.29) is 4.90 Å². The summed E-state index contributed by atoms with van der Waals surface area (Å²) in [4.78, 5) is 0.201. The highest BCUT2D eigenvalue weighted by Crippen LogP contribution is 2.24. The molecule has 0 saturated carbocycles. The van der Waals surface area contributed by atoms with E-state index in [4.69, 9.17) is 9.47 Å². The molecule has 124 valence electrons. The van der Waals surface area contributed by atoms with Gasteiger partial charge in [0.05, 0.1) is 18.1 Å². The summed E-state index contributed by atoms with van der Waals surface area (Å²) in [5.74, 6) is 1.39. The molecule has 23 heavy (non-hydrogen) atoms. The second-order valence-corrected chi connectivity index (χ2v) is 6.61. The van der Waals surface area contributed by atoms with E-state index in [0.29, 0.717) is 30.4 Å². The first-order chi connectivity index (χ1) is 11.0. The van der Waals surface area contributed by atoms with Gasteiger partial charge in [0.1, 0.15) is 11.5 Å². The van der Waals surface area contributed by atoms with Gasteiger partial charge in [-0.2, -0.15) is 0 Å². The lowest BCUT2D eigenvalue weighted by Crippen LogP contribution is -2.13. The predicted molar refractivity (Wildman–Crippen MR) is 90.8 cm³/mol. The van der Waals surface area contributed by atoms with Gasteiger partial charge in [-0.15, -0.1) is 0 Å². The number of rotatable bonds is 7. The number of hydrogen-bond donors (Lipinski definition) is 1. The zero-order chi connectivity index (χ0) is 16.9. The molecule has 0 aliphatic carbocycles. The van der Waals surface area contributed by atoms with Gasteiger partial charge in [-0.25, -0.2) is 8.42 Å². The highest BCUT2D eigenvalue weighted by atomic mass is 32.2. The number of sulfonamides is 1. The minimum absolute atomic E-state index is 0.201. The lowest BCUT2D eigenvalue weighted by atomic mass is 10.2. The first kappa shape index (κ1) is 17.1. The van der Waals surface area contributed by atoms with E-state index in [1.807, 2.05) is 20.8 Å². The molecule has 0 radical (unpaired) electrons. The zero-order valence-corrected chi connectivity index (χ0v) is 14.3. The van der Waals surface area contributed by atoms with Crippen LogP contribution in [0, 0.1) is 6.92 Å². The predicted octanol–water partition coefficient (Wildman–Crippen LogP) is 3.59. The van der Waals surface area contributed by atoms with Crippen LogP contribution in [-0.4, -0.2) is 21.6 Å². The van der Waals surface area contributed by atoms with E-state index in [1.165, 1.54) is 6.07 Å². The molecule has 0 amide bonds. The van der Waals surface area contributed by atoms with Gasteiger partial charge in [-0.1, -0.05) is 0 Å². The Labute approximate surface area is 137 Å². The van der Waals surface area contributed by atoms with Gasteiger partial charge in [0, 0.05) is 5.69 Å². The van der Waals surface area contributed by atoms with Crippen LogP contribution in [0.15, 0.2) is 47.4 Å². The molecule has 0 heterocycles. The van der Waals surface area contributed by atoms with Gasteiger partial charge < -0.3 is 9.47 Å². The summed E-state index contributed by atoms with van der Waals surface area (Å²) in [6, 6.07) is 11.6. The number of aryl methyl sites for hydroxylation is 1. The number of nitrogens with one attached hydrogen (secondary N) is 1. The molecule has 0 aliphatic rings. The lowest BCUT2D eigenvalue weighted by molar-refractivity contribution is 0.337. The van der Waals surface area contributed by atoms with Crippen molar-refractivity contribution in [3.8, 4) is 11.5 Å². The van der Waals surface area contributed by atoms with E-state index in [2.05, 4.69) is 4.72 Å². The van der Waals surface area contributed by atoms with E-state index in [9.17, 15) is 8.42 Å². The molecule has 0 bridgehead atoms. The summed E-state index contributed by atoms with van der Waals surface area (Å²) >= 11 is 0. The quantitative estimate of drug-likeness (QED) is 0.840. The first-order valence-corrected chi connectivity index (χ1v) is 8.93. The van der Waals surface area contributed by atoms with Crippen LogP contribution in [0.5, 0.6) is 11.5 Å². The third-order valence-corrected chi connectivity index (χ3v) is 4.55. The van der Waals surface area contributed by atoms with Crippen LogP contribution in [0.3, 0.4) is 0 Å². The van der Waals surface area contributed by atoms with Crippen LogP contribution in [-0.2, 0) is 10.0 Å². The van der Waals surface area contributed by atoms with Crippen molar-refractivity contribution in [2.75, 3.05) is 17.9 Å². The first-order valence-electron chi connectivity index (χ1n) is 7.45. The lowest BCUT2D eigenvalue weighted by Gasteiger charge is -2.12. The fraction of sp³-hybridized carbons (Fsp3) is 0.294. The van der Waals surface area contributed by atoms with Crippen molar-refractivity contribution in [1.82, 2.24) is 0 Å². The minimum atomic E-state index is -3.64. The molecular formula is C17H21NO4S. The van der Waals surface area contributed by atoms with Crippen molar-refractivity contribution >= 4 is 15.7 Å². The van der Waals surface area contributed by atoms with Crippen molar-refractivity contribution in [1.29, 1.82) is 0 Å². The average Bonchev–Trinajstić information content (AvgIpc) is 2.51. The van der Waals surface area contributed by atoms with Gasteiger partial charge in [0.25, 0.3) is 10.0 Å². The molecule has 0 saturated heterocycles. The molecule has 0 atom stereocenters. The molecule has 2 aromatic carbocycles. The van der Waals surface area contributed by atoms with Crippen LogP contribution in [0.4, 0.5) is 5.69 Å². The Morgan fingerprint density at radius 1 is 0.957 bits per heavy atom. The Morgan fingerprint density at radius 2 is 1.61 bits per heavy atom. The molecule has 1 N–H and O–H groups in total. The Morgan fingerprint density at radius 3 is 2.17 bits per heavy atom. The molecule has 0 fully saturated rings. The summed E-state index contributed by atoms with van der Waals surface area (Å²) in [5, 5.41) is 0. The van der Waals surface area contributed by atoms with Crippen LogP contribution in [0.1, 0.15) is 19.4 Å².